The Bertz CT molecular complexity index is 540. The fourth-order valence-corrected chi connectivity index (χ4v) is 1.43. The van der Waals surface area contributed by atoms with Crippen LogP contribution in [0.2, 0.25) is 0 Å². The van der Waals surface area contributed by atoms with Gasteiger partial charge in [0.1, 0.15) is 18.6 Å². The lowest BCUT2D eigenvalue weighted by Gasteiger charge is -2.03. The second-order valence-corrected chi connectivity index (χ2v) is 3.97. The molecule has 0 spiro atoms. The molecule has 0 aliphatic heterocycles. The maximum absolute atomic E-state index is 5.60. The molecule has 0 aliphatic rings. The number of benzene rings is 1. The first-order valence-corrected chi connectivity index (χ1v) is 6.08. The molecule has 2 rings (SSSR count). The Morgan fingerprint density at radius 2 is 2.33 bits per heavy atom. The number of rotatable bonds is 4. The highest BCUT2D eigenvalue weighted by Gasteiger charge is 1.98. The van der Waals surface area contributed by atoms with E-state index in [9.17, 15) is 0 Å². The highest BCUT2D eigenvalue weighted by molar-refractivity contribution is 6.18. The van der Waals surface area contributed by atoms with Crippen molar-refractivity contribution in [3.63, 3.8) is 0 Å². The average molecular weight is 262 g/mol. The molecule has 0 bridgehead atoms. The Labute approximate surface area is 111 Å². The second kappa shape index (κ2) is 6.73. The van der Waals surface area contributed by atoms with Gasteiger partial charge in [-0.05, 0) is 18.2 Å². The third-order valence-corrected chi connectivity index (χ3v) is 2.36. The summed E-state index contributed by atoms with van der Waals surface area (Å²) in [5, 5.41) is 3.61. The lowest BCUT2D eigenvalue weighted by molar-refractivity contribution is 0.304. The van der Waals surface area contributed by atoms with Crippen LogP contribution in [0.1, 0.15) is 17.5 Å². The molecule has 0 saturated carbocycles. The van der Waals surface area contributed by atoms with Crippen LogP contribution in [0, 0.1) is 11.8 Å². The highest BCUT2D eigenvalue weighted by atomic mass is 35.5. The van der Waals surface area contributed by atoms with E-state index in [2.05, 4.69) is 17.0 Å². The summed E-state index contributed by atoms with van der Waals surface area (Å²) in [5.41, 5.74) is 1.82. The summed E-state index contributed by atoms with van der Waals surface area (Å²) in [6.07, 6.45) is 3.88. The Balaban J connectivity index is 1.97. The summed E-state index contributed by atoms with van der Waals surface area (Å²) in [7, 11) is 0. The average Bonchev–Trinajstić information content (AvgIpc) is 2.90. The van der Waals surface area contributed by atoms with Gasteiger partial charge in [-0.1, -0.05) is 23.1 Å². The van der Waals surface area contributed by atoms with Gasteiger partial charge in [-0.15, -0.1) is 11.6 Å². The molecule has 0 amide bonds. The number of halogens is 1. The Morgan fingerprint density at radius 3 is 3.11 bits per heavy atom. The molecule has 0 radical (unpaired) electrons. The lowest BCUT2D eigenvalue weighted by Crippen LogP contribution is -1.93. The summed E-state index contributed by atoms with van der Waals surface area (Å²) < 4.78 is 10.3. The van der Waals surface area contributed by atoms with Crippen molar-refractivity contribution in [1.29, 1.82) is 0 Å². The van der Waals surface area contributed by atoms with Crippen LogP contribution in [-0.2, 0) is 6.61 Å². The molecule has 92 valence electrons. The van der Waals surface area contributed by atoms with Gasteiger partial charge in [0.2, 0.25) is 0 Å². The van der Waals surface area contributed by atoms with E-state index in [1.54, 1.807) is 12.5 Å². The van der Waals surface area contributed by atoms with Gasteiger partial charge >= 0.3 is 0 Å². The van der Waals surface area contributed by atoms with Crippen molar-refractivity contribution in [1.82, 2.24) is 5.16 Å². The summed E-state index contributed by atoms with van der Waals surface area (Å²) in [5.74, 6) is 7.34. The molecule has 1 aromatic heterocycles. The third-order valence-electron chi connectivity index (χ3n) is 2.18. The van der Waals surface area contributed by atoms with Crippen LogP contribution in [0.25, 0.3) is 0 Å². The van der Waals surface area contributed by atoms with E-state index in [0.29, 0.717) is 18.9 Å². The second-order valence-electron chi connectivity index (χ2n) is 3.59. The van der Waals surface area contributed by atoms with Crippen LogP contribution < -0.4 is 4.74 Å². The molecule has 1 heterocycles. The summed E-state index contributed by atoms with van der Waals surface area (Å²) in [6.45, 7) is 0.433. The lowest BCUT2D eigenvalue weighted by atomic mass is 10.2. The van der Waals surface area contributed by atoms with Gasteiger partial charge in [0, 0.05) is 23.4 Å². The first-order valence-electron chi connectivity index (χ1n) is 5.54. The van der Waals surface area contributed by atoms with Crippen molar-refractivity contribution >= 4 is 11.6 Å². The van der Waals surface area contributed by atoms with E-state index in [1.165, 1.54) is 0 Å². The molecule has 18 heavy (non-hydrogen) atoms. The van der Waals surface area contributed by atoms with Crippen molar-refractivity contribution in [2.75, 3.05) is 5.88 Å². The Hall–Kier alpha value is -1.92. The molecular formula is C14H12ClNO2. The Morgan fingerprint density at radius 1 is 1.39 bits per heavy atom. The van der Waals surface area contributed by atoms with Crippen LogP contribution in [-0.4, -0.2) is 11.0 Å². The molecule has 2 aromatic rings. The topological polar surface area (TPSA) is 35.3 Å². The van der Waals surface area contributed by atoms with Crippen molar-refractivity contribution in [3.05, 3.63) is 47.9 Å². The van der Waals surface area contributed by atoms with E-state index >= 15 is 0 Å². The zero-order valence-electron chi connectivity index (χ0n) is 9.73. The van der Waals surface area contributed by atoms with Crippen LogP contribution in [0.5, 0.6) is 5.75 Å². The Kier molecular flexibility index (Phi) is 4.68. The molecule has 3 nitrogen and oxygen atoms in total. The van der Waals surface area contributed by atoms with Gasteiger partial charge in [-0.25, -0.2) is 0 Å². The van der Waals surface area contributed by atoms with Gasteiger partial charge in [0.15, 0.2) is 0 Å². The quantitative estimate of drug-likeness (QED) is 0.626. The van der Waals surface area contributed by atoms with E-state index in [-0.39, 0.29) is 0 Å². The first kappa shape index (κ1) is 12.5. The molecule has 0 N–H and O–H groups in total. The van der Waals surface area contributed by atoms with Gasteiger partial charge in [0.25, 0.3) is 0 Å². The molecule has 4 heteroatoms. The fourth-order valence-electron chi connectivity index (χ4n) is 1.34. The number of nitrogens with zero attached hydrogens (tertiary/aromatic N) is 1. The molecule has 0 atom stereocenters. The predicted octanol–water partition coefficient (Wildman–Crippen LogP) is 3.23. The SMILES string of the molecule is ClCCC#Cc1cccc(OCc2cnoc2)c1. The van der Waals surface area contributed by atoms with Gasteiger partial charge in [-0.3, -0.25) is 0 Å². The maximum atomic E-state index is 5.60. The van der Waals surface area contributed by atoms with E-state index in [4.69, 9.17) is 20.9 Å². The minimum absolute atomic E-state index is 0.433. The van der Waals surface area contributed by atoms with Crippen molar-refractivity contribution in [2.24, 2.45) is 0 Å². The van der Waals surface area contributed by atoms with Gasteiger partial charge in [0.05, 0.1) is 6.20 Å². The van der Waals surface area contributed by atoms with Gasteiger partial charge < -0.3 is 9.26 Å². The van der Waals surface area contributed by atoms with Crippen LogP contribution in [0.3, 0.4) is 0 Å². The molecule has 1 aromatic carbocycles. The van der Waals surface area contributed by atoms with Gasteiger partial charge in [-0.2, -0.15) is 0 Å². The number of alkyl halides is 1. The highest BCUT2D eigenvalue weighted by Crippen LogP contribution is 2.14. The number of hydrogen-bond donors (Lipinski definition) is 0. The first-order chi connectivity index (χ1) is 8.88. The van der Waals surface area contributed by atoms with Crippen molar-refractivity contribution < 1.29 is 9.26 Å². The smallest absolute Gasteiger partial charge is 0.130 e. The zero-order valence-corrected chi connectivity index (χ0v) is 10.5. The van der Waals surface area contributed by atoms with E-state index in [0.717, 1.165) is 16.9 Å². The predicted molar refractivity (Wildman–Crippen MR) is 69.5 cm³/mol. The van der Waals surface area contributed by atoms with Crippen molar-refractivity contribution in [3.8, 4) is 17.6 Å². The van der Waals surface area contributed by atoms with Crippen LogP contribution in [0.15, 0.2) is 41.2 Å². The fraction of sp³-hybridized carbons (Fsp3) is 0.214. The van der Waals surface area contributed by atoms with Crippen LogP contribution >= 0.6 is 11.6 Å². The molecule has 0 unspecified atom stereocenters. The monoisotopic (exact) mass is 261 g/mol. The van der Waals surface area contributed by atoms with Crippen LogP contribution in [0.4, 0.5) is 0 Å². The summed E-state index contributed by atoms with van der Waals surface area (Å²) >= 11 is 5.56. The summed E-state index contributed by atoms with van der Waals surface area (Å²) in [6, 6.07) is 7.64. The normalized spacial score (nSPS) is 9.61. The summed E-state index contributed by atoms with van der Waals surface area (Å²) in [4.78, 5) is 0. The largest absolute Gasteiger partial charge is 0.489 e. The van der Waals surface area contributed by atoms with E-state index in [1.807, 2.05) is 24.3 Å². The van der Waals surface area contributed by atoms with Crippen molar-refractivity contribution in [2.45, 2.75) is 13.0 Å². The van der Waals surface area contributed by atoms with E-state index < -0.39 is 0 Å². The maximum Gasteiger partial charge on any atom is 0.130 e. The molecule has 0 fully saturated rings. The minimum Gasteiger partial charge on any atom is -0.489 e. The molecule has 0 saturated heterocycles. The number of aromatic nitrogens is 1. The molecule has 0 aliphatic carbocycles. The number of ether oxygens (including phenoxy) is 1. The third kappa shape index (κ3) is 3.83. The number of hydrogen-bond acceptors (Lipinski definition) is 3. The zero-order chi connectivity index (χ0) is 12.6. The minimum atomic E-state index is 0.433. The molecular weight excluding hydrogens is 250 g/mol. The standard InChI is InChI=1S/C14H12ClNO2/c15-7-2-1-4-12-5-3-6-14(8-12)17-10-13-9-16-18-11-13/h3,5-6,8-9,11H,2,7,10H2.